The summed E-state index contributed by atoms with van der Waals surface area (Å²) >= 11 is 1.63. The highest BCUT2D eigenvalue weighted by molar-refractivity contribution is 7.10. The minimum atomic E-state index is -0.0721. The molecule has 0 fully saturated rings. The lowest BCUT2D eigenvalue weighted by molar-refractivity contribution is 0.0963. The number of thiophene rings is 1. The van der Waals surface area contributed by atoms with Gasteiger partial charge in [-0.05, 0) is 42.1 Å². The maximum atomic E-state index is 11.5. The van der Waals surface area contributed by atoms with Crippen LogP contribution in [0.25, 0.3) is 0 Å². The number of benzene rings is 1. The Morgan fingerprint density at radius 1 is 1.37 bits per heavy atom. The Bertz CT molecular complexity index is 592. The maximum absolute atomic E-state index is 11.5. The van der Waals surface area contributed by atoms with Crippen molar-refractivity contribution in [2.45, 2.75) is 13.5 Å². The van der Waals surface area contributed by atoms with Crippen LogP contribution in [-0.2, 0) is 6.54 Å². The molecular weight excluding hydrogens is 258 g/mol. The van der Waals surface area contributed by atoms with E-state index in [4.69, 9.17) is 5.73 Å². The van der Waals surface area contributed by atoms with E-state index in [2.05, 4.69) is 10.6 Å². The van der Waals surface area contributed by atoms with Crippen LogP contribution in [0.1, 0.15) is 20.8 Å². The molecule has 0 aliphatic rings. The molecule has 2 rings (SSSR count). The molecule has 0 bridgehead atoms. The quantitative estimate of drug-likeness (QED) is 0.803. The molecule has 4 N–H and O–H groups in total. The number of carbonyl (C=O) groups is 1. The lowest BCUT2D eigenvalue weighted by Gasteiger charge is -2.10. The summed E-state index contributed by atoms with van der Waals surface area (Å²) in [6.07, 6.45) is 0. The summed E-state index contributed by atoms with van der Waals surface area (Å²) in [6, 6.07) is 7.51. The van der Waals surface area contributed by atoms with Crippen molar-refractivity contribution in [2.75, 3.05) is 18.1 Å². The molecule has 19 heavy (non-hydrogen) atoms. The molecule has 0 aliphatic carbocycles. The van der Waals surface area contributed by atoms with Gasteiger partial charge in [0.25, 0.3) is 5.91 Å². The fraction of sp³-hybridized carbons (Fsp3) is 0.214. The first-order valence-corrected chi connectivity index (χ1v) is 6.88. The highest BCUT2D eigenvalue weighted by Crippen LogP contribution is 2.22. The average Bonchev–Trinajstić information content (AvgIpc) is 2.82. The molecular formula is C14H17N3OS. The summed E-state index contributed by atoms with van der Waals surface area (Å²) in [4.78, 5) is 12.6. The van der Waals surface area contributed by atoms with Crippen molar-refractivity contribution >= 4 is 28.6 Å². The second kappa shape index (κ2) is 5.75. The van der Waals surface area contributed by atoms with Gasteiger partial charge in [0.1, 0.15) is 0 Å². The molecule has 0 unspecified atom stereocenters. The first-order chi connectivity index (χ1) is 9.11. The van der Waals surface area contributed by atoms with Gasteiger partial charge in [0.15, 0.2) is 0 Å². The van der Waals surface area contributed by atoms with Crippen LogP contribution in [-0.4, -0.2) is 13.0 Å². The number of nitrogens with two attached hydrogens (primary N) is 1. The van der Waals surface area contributed by atoms with Gasteiger partial charge in [0.2, 0.25) is 0 Å². The van der Waals surface area contributed by atoms with E-state index in [1.165, 1.54) is 0 Å². The average molecular weight is 275 g/mol. The molecule has 5 heteroatoms. The van der Waals surface area contributed by atoms with Gasteiger partial charge >= 0.3 is 0 Å². The molecule has 100 valence electrons. The van der Waals surface area contributed by atoms with Crippen LogP contribution in [0.15, 0.2) is 29.6 Å². The van der Waals surface area contributed by atoms with E-state index < -0.39 is 0 Å². The lowest BCUT2D eigenvalue weighted by Crippen LogP contribution is -2.17. The number of carbonyl (C=O) groups excluding carboxylic acids is 1. The number of nitrogens with one attached hydrogen (secondary N) is 2. The number of hydrogen-bond acceptors (Lipinski definition) is 4. The van der Waals surface area contributed by atoms with Crippen LogP contribution in [0.4, 0.5) is 11.4 Å². The van der Waals surface area contributed by atoms with Gasteiger partial charge in [-0.25, -0.2) is 0 Å². The number of amides is 1. The Balaban J connectivity index is 2.09. The van der Waals surface area contributed by atoms with Crippen LogP contribution in [0.2, 0.25) is 0 Å². The van der Waals surface area contributed by atoms with E-state index in [0.717, 1.165) is 21.8 Å². The minimum Gasteiger partial charge on any atom is -0.398 e. The SMILES string of the molecule is CNC(=O)c1ccc(NCc2sccc2N)c(C)c1. The van der Waals surface area contributed by atoms with E-state index in [-0.39, 0.29) is 5.91 Å². The monoisotopic (exact) mass is 275 g/mol. The van der Waals surface area contributed by atoms with Crippen LogP contribution in [0.5, 0.6) is 0 Å². The lowest BCUT2D eigenvalue weighted by atomic mass is 10.1. The summed E-state index contributed by atoms with van der Waals surface area (Å²) in [5.41, 5.74) is 9.38. The minimum absolute atomic E-state index is 0.0721. The van der Waals surface area contributed by atoms with Gasteiger partial charge < -0.3 is 16.4 Å². The van der Waals surface area contributed by atoms with Gasteiger partial charge in [-0.15, -0.1) is 11.3 Å². The van der Waals surface area contributed by atoms with Crippen molar-refractivity contribution in [3.05, 3.63) is 45.6 Å². The Kier molecular flexibility index (Phi) is 4.06. The van der Waals surface area contributed by atoms with Crippen LogP contribution in [0, 0.1) is 6.92 Å². The van der Waals surface area contributed by atoms with Gasteiger partial charge in [-0.1, -0.05) is 0 Å². The Morgan fingerprint density at radius 2 is 2.16 bits per heavy atom. The summed E-state index contributed by atoms with van der Waals surface area (Å²) in [6.45, 7) is 2.68. The van der Waals surface area contributed by atoms with Crippen LogP contribution < -0.4 is 16.4 Å². The van der Waals surface area contributed by atoms with E-state index in [1.807, 2.05) is 36.6 Å². The van der Waals surface area contributed by atoms with Gasteiger partial charge in [-0.2, -0.15) is 0 Å². The largest absolute Gasteiger partial charge is 0.398 e. The van der Waals surface area contributed by atoms with Crippen molar-refractivity contribution in [1.29, 1.82) is 0 Å². The molecule has 0 aliphatic heterocycles. The zero-order chi connectivity index (χ0) is 13.8. The fourth-order valence-electron chi connectivity index (χ4n) is 1.82. The first kappa shape index (κ1) is 13.4. The van der Waals surface area contributed by atoms with Crippen LogP contribution in [0.3, 0.4) is 0 Å². The van der Waals surface area contributed by atoms with Crippen LogP contribution >= 0.6 is 11.3 Å². The van der Waals surface area contributed by atoms with Crippen molar-refractivity contribution in [3.63, 3.8) is 0 Å². The zero-order valence-electron chi connectivity index (χ0n) is 11.0. The Labute approximate surface area is 116 Å². The predicted molar refractivity (Wildman–Crippen MR) is 80.6 cm³/mol. The molecule has 0 radical (unpaired) electrons. The van der Waals surface area contributed by atoms with E-state index in [1.54, 1.807) is 18.4 Å². The summed E-state index contributed by atoms with van der Waals surface area (Å²) in [5, 5.41) is 7.93. The molecule has 0 atom stereocenters. The van der Waals surface area contributed by atoms with E-state index in [0.29, 0.717) is 12.1 Å². The number of rotatable bonds is 4. The third-order valence-corrected chi connectivity index (χ3v) is 3.87. The molecule has 1 aromatic heterocycles. The summed E-state index contributed by atoms with van der Waals surface area (Å²) in [5.74, 6) is -0.0721. The van der Waals surface area contributed by atoms with Crippen molar-refractivity contribution in [2.24, 2.45) is 0 Å². The molecule has 0 saturated carbocycles. The standard InChI is InChI=1S/C14H17N3OS/c1-9-7-10(14(18)16-2)3-4-12(9)17-8-13-11(15)5-6-19-13/h3-7,17H,8,15H2,1-2H3,(H,16,18). The van der Waals surface area contributed by atoms with Gasteiger partial charge in [0, 0.05) is 28.9 Å². The molecule has 1 aromatic carbocycles. The number of aryl methyl sites for hydroxylation is 1. The Morgan fingerprint density at radius 3 is 2.74 bits per heavy atom. The number of hydrogen-bond donors (Lipinski definition) is 3. The molecule has 2 aromatic rings. The maximum Gasteiger partial charge on any atom is 0.251 e. The first-order valence-electron chi connectivity index (χ1n) is 6.00. The topological polar surface area (TPSA) is 67.2 Å². The van der Waals surface area contributed by atoms with Gasteiger partial charge in [0.05, 0.1) is 6.54 Å². The summed E-state index contributed by atoms with van der Waals surface area (Å²) in [7, 11) is 1.63. The number of nitrogen functional groups attached to an aromatic ring is 1. The van der Waals surface area contributed by atoms with Crippen molar-refractivity contribution < 1.29 is 4.79 Å². The Hall–Kier alpha value is -2.01. The predicted octanol–water partition coefficient (Wildman–Crippen LogP) is 2.61. The smallest absolute Gasteiger partial charge is 0.251 e. The molecule has 1 heterocycles. The molecule has 0 spiro atoms. The highest BCUT2D eigenvalue weighted by atomic mass is 32.1. The van der Waals surface area contributed by atoms with E-state index >= 15 is 0 Å². The van der Waals surface area contributed by atoms with Crippen molar-refractivity contribution in [3.8, 4) is 0 Å². The molecule has 4 nitrogen and oxygen atoms in total. The zero-order valence-corrected chi connectivity index (χ0v) is 11.8. The van der Waals surface area contributed by atoms with Crippen molar-refractivity contribution in [1.82, 2.24) is 5.32 Å². The normalized spacial score (nSPS) is 10.2. The summed E-state index contributed by atoms with van der Waals surface area (Å²) < 4.78 is 0. The van der Waals surface area contributed by atoms with Gasteiger partial charge in [-0.3, -0.25) is 4.79 Å². The third-order valence-electron chi connectivity index (χ3n) is 2.93. The fourth-order valence-corrected chi connectivity index (χ4v) is 2.56. The second-order valence-electron chi connectivity index (χ2n) is 4.26. The third kappa shape index (κ3) is 3.06. The highest BCUT2D eigenvalue weighted by Gasteiger charge is 2.06. The molecule has 1 amide bonds. The number of anilines is 2. The van der Waals surface area contributed by atoms with E-state index in [9.17, 15) is 4.79 Å². The second-order valence-corrected chi connectivity index (χ2v) is 5.26. The molecule has 0 saturated heterocycles.